The van der Waals surface area contributed by atoms with Crippen LogP contribution in [-0.2, 0) is 5.04 Å². The fourth-order valence-corrected chi connectivity index (χ4v) is 5.23. The number of phenolic OH excluding ortho intramolecular Hbond substituents is 1. The number of likely N-dealkylation sites (N-methyl/N-ethyl adjacent to an activating group) is 1. The maximum atomic E-state index is 13.7. The first-order valence-corrected chi connectivity index (χ1v) is 12.1. The molecule has 1 aromatic heterocycles. The summed E-state index contributed by atoms with van der Waals surface area (Å²) in [6, 6.07) is 16.9. The standard InChI is InChI=1S/C26H25ClN3O3Si/c1-29(2)9-10-33-17-7-8-20-16(11-17)12-21(28-20)25(32)30-15-26(34,14-27)24-19-6-4-3-5-18(19)23(31)13-22(24)30/h3-8,11-13,28,31H,9-10,14-15H2,1-2H3/q+2/t26-/m0/s1. The number of H-pyrrole nitrogens is 1. The molecule has 0 fully saturated rings. The first kappa shape index (κ1) is 22.8. The maximum Gasteiger partial charge on any atom is 1.40 e. The Morgan fingerprint density at radius 1 is 1.21 bits per heavy atom. The van der Waals surface area contributed by atoms with E-state index in [2.05, 4.69) is 20.1 Å². The highest BCUT2D eigenvalue weighted by Crippen LogP contribution is 2.47. The van der Waals surface area contributed by atoms with Crippen LogP contribution in [0.4, 0.5) is 5.69 Å². The predicted molar refractivity (Wildman–Crippen MR) is 138 cm³/mol. The van der Waals surface area contributed by atoms with E-state index in [-0.39, 0.29) is 17.5 Å². The average molecular weight is 491 g/mol. The van der Waals surface area contributed by atoms with Gasteiger partial charge in [0.05, 0.1) is 11.3 Å². The van der Waals surface area contributed by atoms with Crippen molar-refractivity contribution < 1.29 is 14.6 Å². The molecule has 0 unspecified atom stereocenters. The molecule has 2 heterocycles. The molecule has 2 N–H and O–H groups in total. The van der Waals surface area contributed by atoms with Crippen LogP contribution in [0.2, 0.25) is 0 Å². The normalized spacial score (nSPS) is 17.6. The van der Waals surface area contributed by atoms with Crippen molar-refractivity contribution in [2.45, 2.75) is 5.04 Å². The number of amides is 1. The fourth-order valence-electron chi connectivity index (χ4n) is 4.59. The molecule has 8 heteroatoms. The molecule has 1 aliphatic heterocycles. The van der Waals surface area contributed by atoms with Gasteiger partial charge in [0.15, 0.2) is 0 Å². The second-order valence-corrected chi connectivity index (χ2v) is 10.3. The van der Waals surface area contributed by atoms with Gasteiger partial charge in [0.2, 0.25) is 0 Å². The van der Waals surface area contributed by atoms with Crippen molar-refractivity contribution in [3.8, 4) is 11.5 Å². The molecular weight excluding hydrogens is 466 g/mol. The SMILES string of the molecule is CN(C)CCOc1ccc2[nH]c(C(=O)N3C[C@@]([Si+2])(CCl)c4c3cc(O)c3ccccc43)cc2c1. The predicted octanol–water partition coefficient (Wildman–Crippen LogP) is 4.23. The average Bonchev–Trinajstić information content (AvgIpc) is 3.38. The molecule has 171 valence electrons. The Kier molecular flexibility index (Phi) is 5.79. The number of fused-ring (bicyclic) bond motifs is 4. The van der Waals surface area contributed by atoms with Crippen molar-refractivity contribution in [2.75, 3.05) is 44.6 Å². The number of aromatic nitrogens is 1. The molecule has 0 bridgehead atoms. The molecule has 1 atom stereocenters. The second-order valence-electron chi connectivity index (χ2n) is 9.03. The second kappa shape index (κ2) is 8.65. The Morgan fingerprint density at radius 3 is 2.71 bits per heavy atom. The van der Waals surface area contributed by atoms with Crippen molar-refractivity contribution in [3.63, 3.8) is 0 Å². The van der Waals surface area contributed by atoms with E-state index < -0.39 is 5.04 Å². The van der Waals surface area contributed by atoms with E-state index in [1.807, 2.05) is 62.6 Å². The molecule has 1 aliphatic rings. The van der Waals surface area contributed by atoms with Gasteiger partial charge < -0.3 is 19.7 Å². The van der Waals surface area contributed by atoms with Crippen molar-refractivity contribution in [1.29, 1.82) is 0 Å². The van der Waals surface area contributed by atoms with Gasteiger partial charge in [-0.05, 0) is 43.7 Å². The van der Waals surface area contributed by atoms with Crippen LogP contribution in [-0.4, -0.2) is 70.8 Å². The van der Waals surface area contributed by atoms with Crippen molar-refractivity contribution in [1.82, 2.24) is 9.88 Å². The summed E-state index contributed by atoms with van der Waals surface area (Å²) < 4.78 is 5.84. The monoisotopic (exact) mass is 490 g/mol. The first-order valence-electron chi connectivity index (χ1n) is 11.1. The summed E-state index contributed by atoms with van der Waals surface area (Å²) in [5, 5.41) is 12.6. The third kappa shape index (κ3) is 3.83. The van der Waals surface area contributed by atoms with E-state index in [4.69, 9.17) is 16.3 Å². The smallest absolute Gasteiger partial charge is 0.507 e. The number of ether oxygens (including phenoxy) is 1. The van der Waals surface area contributed by atoms with Gasteiger partial charge in [-0.15, -0.1) is 11.6 Å². The van der Waals surface area contributed by atoms with Gasteiger partial charge in [0.1, 0.15) is 36.2 Å². The number of rotatable bonds is 6. The van der Waals surface area contributed by atoms with Crippen molar-refractivity contribution in [2.24, 2.45) is 0 Å². The van der Waals surface area contributed by atoms with E-state index in [0.29, 0.717) is 24.5 Å². The number of carbonyl (C=O) groups is 1. The van der Waals surface area contributed by atoms with Gasteiger partial charge in [0.25, 0.3) is 5.91 Å². The molecule has 0 spiro atoms. The lowest BCUT2D eigenvalue weighted by Crippen LogP contribution is -2.38. The summed E-state index contributed by atoms with van der Waals surface area (Å²) >= 11 is 6.40. The Bertz CT molecular complexity index is 1400. The summed E-state index contributed by atoms with van der Waals surface area (Å²) in [6.07, 6.45) is 0. The highest BCUT2D eigenvalue weighted by molar-refractivity contribution is 6.30. The fraction of sp³-hybridized carbons (Fsp3) is 0.269. The zero-order valence-electron chi connectivity index (χ0n) is 19.1. The quantitative estimate of drug-likeness (QED) is 0.313. The number of nitrogens with one attached hydrogen (secondary N) is 1. The molecular formula is C26H25ClN3O3Si+2. The van der Waals surface area contributed by atoms with Crippen LogP contribution >= 0.6 is 11.6 Å². The number of hydrogen-bond acceptors (Lipinski definition) is 4. The van der Waals surface area contributed by atoms with Crippen LogP contribution in [0.5, 0.6) is 11.5 Å². The zero-order chi connectivity index (χ0) is 24.0. The molecule has 34 heavy (non-hydrogen) atoms. The number of aromatic hydroxyl groups is 1. The van der Waals surface area contributed by atoms with Crippen LogP contribution in [0.25, 0.3) is 21.7 Å². The third-order valence-corrected chi connectivity index (χ3v) is 7.57. The molecule has 5 rings (SSSR count). The van der Waals surface area contributed by atoms with E-state index in [9.17, 15) is 9.90 Å². The molecule has 0 saturated carbocycles. The number of carbonyl (C=O) groups excluding carboxylic acids is 1. The third-order valence-electron chi connectivity index (χ3n) is 6.30. The largest absolute Gasteiger partial charge is 1.40 e. The number of anilines is 1. The summed E-state index contributed by atoms with van der Waals surface area (Å²) in [6.45, 7) is 1.76. The van der Waals surface area contributed by atoms with Crippen molar-refractivity contribution in [3.05, 3.63) is 65.9 Å². The summed E-state index contributed by atoms with van der Waals surface area (Å²) in [7, 11) is 7.88. The van der Waals surface area contributed by atoms with Gasteiger partial charge in [-0.25, -0.2) is 0 Å². The van der Waals surface area contributed by atoms with Crippen LogP contribution in [0, 0.1) is 0 Å². The molecule has 1 amide bonds. The summed E-state index contributed by atoms with van der Waals surface area (Å²) in [5.74, 6) is 0.980. The van der Waals surface area contributed by atoms with E-state index in [1.54, 1.807) is 11.0 Å². The zero-order valence-corrected chi connectivity index (χ0v) is 20.8. The molecule has 0 saturated heterocycles. The Balaban J connectivity index is 1.51. The van der Waals surface area contributed by atoms with Crippen LogP contribution in [0.3, 0.4) is 0 Å². The Hall–Kier alpha value is -3.00. The minimum Gasteiger partial charge on any atom is -0.507 e. The van der Waals surface area contributed by atoms with Gasteiger partial charge in [0, 0.05) is 28.9 Å². The lowest BCUT2D eigenvalue weighted by molar-refractivity contribution is 0.0983. The lowest BCUT2D eigenvalue weighted by Gasteiger charge is -2.16. The summed E-state index contributed by atoms with van der Waals surface area (Å²) in [5.41, 5.74) is 2.88. The van der Waals surface area contributed by atoms with Crippen LogP contribution < -0.4 is 9.64 Å². The van der Waals surface area contributed by atoms with E-state index in [0.717, 1.165) is 39.5 Å². The summed E-state index contributed by atoms with van der Waals surface area (Å²) in [4.78, 5) is 20.6. The van der Waals surface area contributed by atoms with E-state index >= 15 is 0 Å². The number of halogens is 1. The number of phenols is 1. The van der Waals surface area contributed by atoms with Gasteiger partial charge >= 0.3 is 15.3 Å². The van der Waals surface area contributed by atoms with Gasteiger partial charge in [-0.1, -0.05) is 24.3 Å². The number of aromatic amines is 1. The van der Waals surface area contributed by atoms with Crippen LogP contribution in [0.1, 0.15) is 16.1 Å². The van der Waals surface area contributed by atoms with Crippen LogP contribution in [0.15, 0.2) is 54.6 Å². The molecule has 6 nitrogen and oxygen atoms in total. The first-order chi connectivity index (χ1) is 16.3. The van der Waals surface area contributed by atoms with Gasteiger partial charge in [-0.3, -0.25) is 9.69 Å². The Labute approximate surface area is 206 Å². The number of nitrogens with zero attached hydrogens (tertiary/aromatic N) is 2. The lowest BCUT2D eigenvalue weighted by atomic mass is 9.94. The molecule has 0 aliphatic carbocycles. The minimum absolute atomic E-state index is 0.133. The van der Waals surface area contributed by atoms with Crippen molar-refractivity contribution >= 4 is 55.1 Å². The number of alkyl halides is 1. The Morgan fingerprint density at radius 2 is 1.97 bits per heavy atom. The van der Waals surface area contributed by atoms with Gasteiger partial charge in [-0.2, -0.15) is 0 Å². The minimum atomic E-state index is -0.626. The molecule has 1 radical (unpaired) electrons. The number of benzene rings is 3. The molecule has 3 aromatic carbocycles. The number of hydrogen-bond donors (Lipinski definition) is 2. The van der Waals surface area contributed by atoms with E-state index in [1.165, 1.54) is 0 Å². The topological polar surface area (TPSA) is 68.8 Å². The maximum absolute atomic E-state index is 13.7. The molecule has 4 aromatic rings. The highest BCUT2D eigenvalue weighted by atomic mass is 35.5. The highest BCUT2D eigenvalue weighted by Gasteiger charge is 2.70.